The summed E-state index contributed by atoms with van der Waals surface area (Å²) in [6, 6.07) is 9.84. The number of nitrogens with one attached hydrogen (secondary N) is 2. The van der Waals surface area contributed by atoms with Crippen molar-refractivity contribution in [3.63, 3.8) is 0 Å². The predicted octanol–water partition coefficient (Wildman–Crippen LogP) is 5.10. The summed E-state index contributed by atoms with van der Waals surface area (Å²) >= 11 is 14.5. The molecule has 130 valence electrons. The first-order chi connectivity index (χ1) is 12.6. The molecule has 0 bridgehead atoms. The highest BCUT2D eigenvalue weighted by Gasteiger charge is 2.23. The molecule has 4 nitrogen and oxygen atoms in total. The van der Waals surface area contributed by atoms with Crippen LogP contribution in [0.1, 0.15) is 32.1 Å². The Hall–Kier alpha value is -1.98. The van der Waals surface area contributed by atoms with E-state index in [2.05, 4.69) is 16.7 Å². The molecule has 2 N–H and O–H groups in total. The number of aryl methyl sites for hydroxylation is 1. The number of rotatable bonds is 2. The minimum absolute atomic E-state index is 0.167. The van der Waals surface area contributed by atoms with Gasteiger partial charge in [0.1, 0.15) is 15.9 Å². The molecule has 0 atom stereocenters. The molecule has 8 heteroatoms. The number of hydrogen-bond donors (Lipinski definition) is 2. The number of nitrogens with zero attached hydrogens (tertiary/aromatic N) is 1. The van der Waals surface area contributed by atoms with Gasteiger partial charge in [-0.25, -0.2) is 0 Å². The fraction of sp³-hybridized carbons (Fsp3) is 0.167. The van der Waals surface area contributed by atoms with Crippen molar-refractivity contribution in [3.05, 3.63) is 50.2 Å². The second-order valence-corrected chi connectivity index (χ2v) is 8.77. The van der Waals surface area contributed by atoms with Gasteiger partial charge in [-0.05, 0) is 43.1 Å². The minimum Gasteiger partial charge on any atom is -0.323 e. The van der Waals surface area contributed by atoms with Crippen LogP contribution in [0.4, 0.5) is 5.00 Å². The van der Waals surface area contributed by atoms with Crippen molar-refractivity contribution in [1.29, 1.82) is 5.26 Å². The van der Waals surface area contributed by atoms with E-state index in [0.717, 1.165) is 34.9 Å². The lowest BCUT2D eigenvalue weighted by molar-refractivity contribution is 0.0982. The van der Waals surface area contributed by atoms with Gasteiger partial charge in [0.2, 0.25) is 0 Å². The van der Waals surface area contributed by atoms with Crippen LogP contribution < -0.4 is 10.6 Å². The molecule has 1 amide bonds. The van der Waals surface area contributed by atoms with Crippen LogP contribution in [-0.4, -0.2) is 11.0 Å². The molecule has 0 aliphatic heterocycles. The second kappa shape index (κ2) is 6.97. The van der Waals surface area contributed by atoms with E-state index in [4.69, 9.17) is 23.8 Å². The fourth-order valence-electron chi connectivity index (χ4n) is 3.06. The first-order valence-corrected chi connectivity index (χ1v) is 10.3. The molecule has 0 saturated carbocycles. The Labute approximate surface area is 168 Å². The van der Waals surface area contributed by atoms with Crippen molar-refractivity contribution in [3.8, 4) is 6.07 Å². The zero-order valence-electron chi connectivity index (χ0n) is 13.4. The Morgan fingerprint density at radius 2 is 2.08 bits per heavy atom. The van der Waals surface area contributed by atoms with E-state index in [9.17, 15) is 10.1 Å². The van der Waals surface area contributed by atoms with E-state index in [1.54, 1.807) is 0 Å². The maximum Gasteiger partial charge on any atom is 0.269 e. The molecule has 3 aromatic rings. The van der Waals surface area contributed by atoms with E-state index in [1.165, 1.54) is 27.6 Å². The summed E-state index contributed by atoms with van der Waals surface area (Å²) in [5.74, 6) is -0.351. The highest BCUT2D eigenvalue weighted by molar-refractivity contribution is 7.80. The average Bonchev–Trinajstić information content (AvgIpc) is 3.28. The third-order valence-corrected chi connectivity index (χ3v) is 7.31. The van der Waals surface area contributed by atoms with Crippen LogP contribution in [0, 0.1) is 11.3 Å². The lowest BCUT2D eigenvalue weighted by Crippen LogP contribution is -2.33. The molecule has 2 heterocycles. The van der Waals surface area contributed by atoms with E-state index in [0.29, 0.717) is 20.5 Å². The summed E-state index contributed by atoms with van der Waals surface area (Å²) in [6.07, 6.45) is 3.00. The molecule has 0 unspecified atom stereocenters. The Kier molecular flexibility index (Phi) is 4.67. The maximum absolute atomic E-state index is 12.6. The standard InChI is InChI=1S/C18H12ClN3OS3/c19-14-10-4-1-2-6-13(10)25-15(14)16(23)21-18(24)22-17-11(8-20)9-5-3-7-12(9)26-17/h1-2,4,6H,3,5,7H2,(H2,21,22,23,24). The number of thiophene rings is 2. The average molecular weight is 418 g/mol. The van der Waals surface area contributed by atoms with Crippen molar-refractivity contribution >= 4 is 72.6 Å². The van der Waals surface area contributed by atoms with Gasteiger partial charge in [0.15, 0.2) is 5.11 Å². The summed E-state index contributed by atoms with van der Waals surface area (Å²) in [7, 11) is 0. The smallest absolute Gasteiger partial charge is 0.269 e. The third kappa shape index (κ3) is 2.99. The SMILES string of the molecule is N#Cc1c(NC(=S)NC(=O)c2sc3ccccc3c2Cl)sc2c1CCC2. The van der Waals surface area contributed by atoms with Crippen molar-refractivity contribution < 1.29 is 4.79 Å². The molecule has 26 heavy (non-hydrogen) atoms. The molecule has 0 spiro atoms. The van der Waals surface area contributed by atoms with Crippen molar-refractivity contribution in [1.82, 2.24) is 5.32 Å². The van der Waals surface area contributed by atoms with E-state index in [-0.39, 0.29) is 11.0 Å². The number of benzene rings is 1. The number of carbonyl (C=O) groups excluding carboxylic acids is 1. The number of anilines is 1. The van der Waals surface area contributed by atoms with Crippen LogP contribution in [0.15, 0.2) is 24.3 Å². The summed E-state index contributed by atoms with van der Waals surface area (Å²) < 4.78 is 0.947. The van der Waals surface area contributed by atoms with Crippen LogP contribution in [0.25, 0.3) is 10.1 Å². The number of amides is 1. The van der Waals surface area contributed by atoms with Gasteiger partial charge >= 0.3 is 0 Å². The molecule has 4 rings (SSSR count). The van der Waals surface area contributed by atoms with Crippen molar-refractivity contribution in [2.24, 2.45) is 0 Å². The van der Waals surface area contributed by atoms with Gasteiger partial charge in [0.05, 0.1) is 10.6 Å². The Balaban J connectivity index is 1.52. The number of carbonyl (C=O) groups is 1. The zero-order chi connectivity index (χ0) is 18.3. The third-order valence-electron chi connectivity index (χ3n) is 4.23. The Bertz CT molecular complexity index is 1090. The van der Waals surface area contributed by atoms with Gasteiger partial charge in [-0.15, -0.1) is 22.7 Å². The molecule has 1 aliphatic carbocycles. The first kappa shape index (κ1) is 17.4. The molecular weight excluding hydrogens is 406 g/mol. The highest BCUT2D eigenvalue weighted by atomic mass is 35.5. The molecule has 2 aromatic heterocycles. The molecule has 1 aliphatic rings. The Morgan fingerprint density at radius 1 is 1.27 bits per heavy atom. The van der Waals surface area contributed by atoms with Gasteiger partial charge in [0.25, 0.3) is 5.91 Å². The van der Waals surface area contributed by atoms with Gasteiger partial charge < -0.3 is 5.32 Å². The van der Waals surface area contributed by atoms with Crippen LogP contribution in [0.2, 0.25) is 5.02 Å². The van der Waals surface area contributed by atoms with E-state index < -0.39 is 0 Å². The predicted molar refractivity (Wildman–Crippen MR) is 112 cm³/mol. The summed E-state index contributed by atoms with van der Waals surface area (Å²) in [6.45, 7) is 0. The van der Waals surface area contributed by atoms with Gasteiger partial charge in [0, 0.05) is 15.0 Å². The molecular formula is C18H12ClN3OS3. The van der Waals surface area contributed by atoms with Crippen LogP contribution in [0.5, 0.6) is 0 Å². The topological polar surface area (TPSA) is 64.9 Å². The molecule has 0 radical (unpaired) electrons. The molecule has 0 saturated heterocycles. The van der Waals surface area contributed by atoms with Crippen LogP contribution in [-0.2, 0) is 12.8 Å². The number of hydrogen-bond acceptors (Lipinski definition) is 5. The first-order valence-electron chi connectivity index (χ1n) is 7.92. The van der Waals surface area contributed by atoms with Gasteiger partial charge in [-0.2, -0.15) is 5.26 Å². The largest absolute Gasteiger partial charge is 0.323 e. The summed E-state index contributed by atoms with van der Waals surface area (Å²) in [5, 5.41) is 17.2. The van der Waals surface area contributed by atoms with Gasteiger partial charge in [-0.3, -0.25) is 10.1 Å². The number of thiocarbonyl (C=S) groups is 1. The minimum atomic E-state index is -0.351. The molecule has 1 aromatic carbocycles. The quantitative estimate of drug-likeness (QED) is 0.569. The lowest BCUT2D eigenvalue weighted by Gasteiger charge is -2.08. The van der Waals surface area contributed by atoms with E-state index in [1.807, 2.05) is 24.3 Å². The molecule has 0 fully saturated rings. The maximum atomic E-state index is 12.6. The normalized spacial score (nSPS) is 12.6. The monoisotopic (exact) mass is 417 g/mol. The Morgan fingerprint density at radius 3 is 2.85 bits per heavy atom. The highest BCUT2D eigenvalue weighted by Crippen LogP contribution is 2.38. The lowest BCUT2D eigenvalue weighted by atomic mass is 10.1. The van der Waals surface area contributed by atoms with Crippen molar-refractivity contribution in [2.45, 2.75) is 19.3 Å². The van der Waals surface area contributed by atoms with Crippen molar-refractivity contribution in [2.75, 3.05) is 5.32 Å². The summed E-state index contributed by atoms with van der Waals surface area (Å²) in [4.78, 5) is 14.2. The zero-order valence-corrected chi connectivity index (χ0v) is 16.6. The number of fused-ring (bicyclic) bond motifs is 2. The number of nitriles is 1. The van der Waals surface area contributed by atoms with E-state index >= 15 is 0 Å². The fourth-order valence-corrected chi connectivity index (χ4v) is 5.98. The van der Waals surface area contributed by atoms with Crippen LogP contribution in [0.3, 0.4) is 0 Å². The summed E-state index contributed by atoms with van der Waals surface area (Å²) in [5.41, 5.74) is 1.75. The van der Waals surface area contributed by atoms with Crippen LogP contribution >= 0.6 is 46.5 Å². The van der Waals surface area contributed by atoms with Gasteiger partial charge in [-0.1, -0.05) is 29.8 Å². The second-order valence-electron chi connectivity index (χ2n) is 5.82. The number of halogens is 1.